The van der Waals surface area contributed by atoms with E-state index in [-0.39, 0.29) is 10.8 Å². The first kappa shape index (κ1) is 9.60. The highest BCUT2D eigenvalue weighted by Gasteiger charge is 2.22. The minimum absolute atomic E-state index is 0.103. The standard InChI is InChI=1S/C9H7N3O2S/c10-7(13)9-12(14)8(11-15-9)6-4-2-1-3-5-6/h1-5H,(H2,10,13). The van der Waals surface area contributed by atoms with Crippen LogP contribution in [-0.2, 0) is 0 Å². The molecule has 0 aliphatic rings. The molecule has 0 bridgehead atoms. The van der Waals surface area contributed by atoms with Crippen molar-refractivity contribution in [1.29, 1.82) is 0 Å². The quantitative estimate of drug-likeness (QED) is 0.593. The molecule has 6 heteroatoms. The van der Waals surface area contributed by atoms with Gasteiger partial charge in [-0.3, -0.25) is 4.79 Å². The molecular formula is C9H7N3O2S. The van der Waals surface area contributed by atoms with E-state index >= 15 is 0 Å². The van der Waals surface area contributed by atoms with E-state index in [0.717, 1.165) is 11.5 Å². The highest BCUT2D eigenvalue weighted by molar-refractivity contribution is 7.07. The Bertz CT molecular complexity index is 495. The Kier molecular flexibility index (Phi) is 2.34. The van der Waals surface area contributed by atoms with E-state index < -0.39 is 5.91 Å². The number of nitrogens with zero attached hydrogens (tertiary/aromatic N) is 2. The molecule has 1 aromatic carbocycles. The molecule has 15 heavy (non-hydrogen) atoms. The molecule has 0 aliphatic heterocycles. The average Bonchev–Trinajstić information content (AvgIpc) is 2.61. The third-order valence-corrected chi connectivity index (χ3v) is 2.64. The van der Waals surface area contributed by atoms with Crippen LogP contribution >= 0.6 is 11.5 Å². The van der Waals surface area contributed by atoms with Crippen molar-refractivity contribution in [2.45, 2.75) is 0 Å². The minimum atomic E-state index is -0.760. The van der Waals surface area contributed by atoms with Crippen LogP contribution in [0.4, 0.5) is 0 Å². The summed E-state index contributed by atoms with van der Waals surface area (Å²) in [5.74, 6) is -0.556. The van der Waals surface area contributed by atoms with Crippen molar-refractivity contribution >= 4 is 17.4 Å². The molecule has 1 amide bonds. The van der Waals surface area contributed by atoms with Crippen molar-refractivity contribution in [2.75, 3.05) is 0 Å². The molecule has 0 spiro atoms. The van der Waals surface area contributed by atoms with Crippen LogP contribution in [0.15, 0.2) is 30.3 Å². The summed E-state index contributed by atoms with van der Waals surface area (Å²) in [6.07, 6.45) is 0. The lowest BCUT2D eigenvalue weighted by molar-refractivity contribution is -0.592. The number of carbonyl (C=O) groups excluding carboxylic acids is 1. The Hall–Kier alpha value is -1.95. The van der Waals surface area contributed by atoms with Crippen LogP contribution in [0.1, 0.15) is 9.80 Å². The van der Waals surface area contributed by atoms with Gasteiger partial charge in [0.15, 0.2) is 0 Å². The average molecular weight is 221 g/mol. The molecule has 5 nitrogen and oxygen atoms in total. The monoisotopic (exact) mass is 221 g/mol. The SMILES string of the molecule is NC(=O)c1snc(-c2ccccc2)[n+]1[O-]. The highest BCUT2D eigenvalue weighted by Crippen LogP contribution is 2.15. The number of rotatable bonds is 2. The fraction of sp³-hybridized carbons (Fsp3) is 0. The Morgan fingerprint density at radius 2 is 2.07 bits per heavy atom. The molecule has 0 saturated heterocycles. The summed E-state index contributed by atoms with van der Waals surface area (Å²) < 4.78 is 4.36. The van der Waals surface area contributed by atoms with Crippen LogP contribution < -0.4 is 10.5 Å². The van der Waals surface area contributed by atoms with E-state index in [1.165, 1.54) is 0 Å². The zero-order chi connectivity index (χ0) is 10.8. The van der Waals surface area contributed by atoms with Crippen LogP contribution in [0.25, 0.3) is 11.4 Å². The number of benzene rings is 1. The largest absolute Gasteiger partial charge is 0.709 e. The number of hydrogen-bond donors (Lipinski definition) is 1. The summed E-state index contributed by atoms with van der Waals surface area (Å²) in [6, 6.07) is 8.90. The first-order valence-electron chi connectivity index (χ1n) is 4.14. The molecule has 0 unspecified atom stereocenters. The van der Waals surface area contributed by atoms with Crippen LogP contribution in [-0.4, -0.2) is 10.3 Å². The Balaban J connectivity index is 2.52. The lowest BCUT2D eigenvalue weighted by Gasteiger charge is -2.00. The fourth-order valence-corrected chi connectivity index (χ4v) is 1.76. The molecule has 2 rings (SSSR count). The van der Waals surface area contributed by atoms with E-state index in [4.69, 9.17) is 5.73 Å². The van der Waals surface area contributed by atoms with Gasteiger partial charge in [-0.1, -0.05) is 18.2 Å². The number of aromatic nitrogens is 2. The van der Waals surface area contributed by atoms with Gasteiger partial charge in [0.2, 0.25) is 0 Å². The molecule has 2 N–H and O–H groups in total. The topological polar surface area (TPSA) is 82.9 Å². The first-order chi connectivity index (χ1) is 7.20. The van der Waals surface area contributed by atoms with Gasteiger partial charge in [0.1, 0.15) is 11.5 Å². The number of amides is 1. The van der Waals surface area contributed by atoms with Gasteiger partial charge in [-0.15, -0.1) is 0 Å². The van der Waals surface area contributed by atoms with E-state index in [1.54, 1.807) is 24.3 Å². The van der Waals surface area contributed by atoms with Gasteiger partial charge in [0, 0.05) is 4.37 Å². The summed E-state index contributed by atoms with van der Waals surface area (Å²) in [4.78, 5) is 10.8. The van der Waals surface area contributed by atoms with Crippen LogP contribution in [0.5, 0.6) is 0 Å². The number of primary amides is 1. The number of nitrogens with two attached hydrogens (primary N) is 1. The van der Waals surface area contributed by atoms with E-state index in [0.29, 0.717) is 10.3 Å². The van der Waals surface area contributed by atoms with Gasteiger partial charge in [-0.05, 0) is 12.1 Å². The van der Waals surface area contributed by atoms with Gasteiger partial charge in [0.25, 0.3) is 5.01 Å². The maximum atomic E-state index is 11.6. The van der Waals surface area contributed by atoms with E-state index in [9.17, 15) is 10.0 Å². The predicted octanol–water partition coefficient (Wildman–Crippen LogP) is 0.542. The Labute approximate surface area is 89.5 Å². The number of carbonyl (C=O) groups is 1. The molecule has 1 aromatic heterocycles. The molecule has 0 atom stereocenters. The maximum absolute atomic E-state index is 11.6. The number of hydrogen-bond acceptors (Lipinski definition) is 4. The predicted molar refractivity (Wildman–Crippen MR) is 55.0 cm³/mol. The summed E-state index contributed by atoms with van der Waals surface area (Å²) in [5.41, 5.74) is 5.68. The lowest BCUT2D eigenvalue weighted by Crippen LogP contribution is -2.35. The van der Waals surface area contributed by atoms with E-state index in [1.807, 2.05) is 6.07 Å². The molecule has 1 heterocycles. The normalized spacial score (nSPS) is 10.1. The molecule has 2 aromatic rings. The summed E-state index contributed by atoms with van der Waals surface area (Å²) >= 11 is 0.805. The first-order valence-corrected chi connectivity index (χ1v) is 4.92. The molecule has 0 radical (unpaired) electrons. The Morgan fingerprint density at radius 1 is 1.40 bits per heavy atom. The highest BCUT2D eigenvalue weighted by atomic mass is 32.1. The van der Waals surface area contributed by atoms with Crippen LogP contribution in [0.3, 0.4) is 0 Å². The van der Waals surface area contributed by atoms with Crippen molar-refractivity contribution in [1.82, 2.24) is 4.37 Å². The summed E-state index contributed by atoms with van der Waals surface area (Å²) in [7, 11) is 0. The second kappa shape index (κ2) is 3.66. The molecule has 0 saturated carbocycles. The van der Waals surface area contributed by atoms with Crippen molar-refractivity contribution in [3.63, 3.8) is 0 Å². The maximum Gasteiger partial charge on any atom is 0.349 e. The van der Waals surface area contributed by atoms with Crippen molar-refractivity contribution < 1.29 is 9.52 Å². The molecule has 0 aliphatic carbocycles. The van der Waals surface area contributed by atoms with Gasteiger partial charge < -0.3 is 10.9 Å². The van der Waals surface area contributed by atoms with Gasteiger partial charge in [0.05, 0.1) is 5.56 Å². The molecule has 76 valence electrons. The molecule has 0 fully saturated rings. The molecular weight excluding hydrogens is 214 g/mol. The van der Waals surface area contributed by atoms with Crippen LogP contribution in [0.2, 0.25) is 0 Å². The smallest absolute Gasteiger partial charge is 0.349 e. The summed E-state index contributed by atoms with van der Waals surface area (Å²) in [6.45, 7) is 0. The van der Waals surface area contributed by atoms with Crippen molar-refractivity contribution in [2.24, 2.45) is 5.73 Å². The van der Waals surface area contributed by atoms with Gasteiger partial charge in [-0.2, -0.15) is 0 Å². The third-order valence-electron chi connectivity index (χ3n) is 1.84. The van der Waals surface area contributed by atoms with Gasteiger partial charge >= 0.3 is 11.7 Å². The Morgan fingerprint density at radius 3 is 2.60 bits per heavy atom. The van der Waals surface area contributed by atoms with Crippen molar-refractivity contribution in [3.05, 3.63) is 40.5 Å². The second-order valence-electron chi connectivity index (χ2n) is 2.84. The zero-order valence-corrected chi connectivity index (χ0v) is 8.40. The van der Waals surface area contributed by atoms with E-state index in [2.05, 4.69) is 4.37 Å². The third kappa shape index (κ3) is 1.66. The minimum Gasteiger partial charge on any atom is -0.709 e. The second-order valence-corrected chi connectivity index (χ2v) is 3.59. The fourth-order valence-electron chi connectivity index (χ4n) is 1.16. The summed E-state index contributed by atoms with van der Waals surface area (Å²) in [5, 5.41) is 11.5. The van der Waals surface area contributed by atoms with Crippen molar-refractivity contribution in [3.8, 4) is 11.4 Å². The lowest BCUT2D eigenvalue weighted by atomic mass is 10.2. The van der Waals surface area contributed by atoms with Crippen LogP contribution in [0, 0.1) is 5.21 Å². The zero-order valence-electron chi connectivity index (χ0n) is 7.58. The van der Waals surface area contributed by atoms with Gasteiger partial charge in [-0.25, -0.2) is 4.73 Å².